The lowest BCUT2D eigenvalue weighted by Crippen LogP contribution is -2.31. The van der Waals surface area contributed by atoms with E-state index in [1.54, 1.807) is 24.8 Å². The van der Waals surface area contributed by atoms with Gasteiger partial charge in [0.25, 0.3) is 5.91 Å². The Labute approximate surface area is 140 Å². The second-order valence-electron chi connectivity index (χ2n) is 5.89. The fourth-order valence-electron chi connectivity index (χ4n) is 2.41. The smallest absolute Gasteiger partial charge is 0.268 e. The molecule has 1 amide bonds. The highest BCUT2D eigenvalue weighted by molar-refractivity contribution is 5.94. The number of hydrogen-bond acceptors (Lipinski definition) is 4. The lowest BCUT2D eigenvalue weighted by molar-refractivity contribution is 0.0935. The van der Waals surface area contributed by atoms with E-state index in [1.807, 2.05) is 49.9 Å². The van der Waals surface area contributed by atoms with E-state index in [1.165, 1.54) is 0 Å². The van der Waals surface area contributed by atoms with Crippen molar-refractivity contribution in [2.75, 3.05) is 0 Å². The first-order valence-corrected chi connectivity index (χ1v) is 7.74. The third-order valence-corrected chi connectivity index (χ3v) is 3.56. The molecule has 122 valence electrons. The Balaban J connectivity index is 1.86. The maximum Gasteiger partial charge on any atom is 0.268 e. The van der Waals surface area contributed by atoms with Crippen LogP contribution in [-0.4, -0.2) is 31.5 Å². The SMILES string of the molecule is CC(C)NC(=O)c1cc(-c2cnc(-c3cccnc3)nc2)cn1C. The molecule has 0 unspecified atom stereocenters. The molecule has 0 radical (unpaired) electrons. The van der Waals surface area contributed by atoms with Crippen molar-refractivity contribution < 1.29 is 4.79 Å². The summed E-state index contributed by atoms with van der Waals surface area (Å²) < 4.78 is 1.81. The maximum atomic E-state index is 12.2. The maximum absolute atomic E-state index is 12.2. The number of aryl methyl sites for hydroxylation is 1. The highest BCUT2D eigenvalue weighted by Crippen LogP contribution is 2.22. The van der Waals surface area contributed by atoms with Crippen LogP contribution in [0.25, 0.3) is 22.5 Å². The van der Waals surface area contributed by atoms with E-state index < -0.39 is 0 Å². The van der Waals surface area contributed by atoms with Crippen LogP contribution in [0.15, 0.2) is 49.2 Å². The first kappa shape index (κ1) is 15.9. The van der Waals surface area contributed by atoms with Gasteiger partial charge in [-0.05, 0) is 32.0 Å². The van der Waals surface area contributed by atoms with E-state index in [4.69, 9.17) is 0 Å². The van der Waals surface area contributed by atoms with Crippen molar-refractivity contribution in [3.8, 4) is 22.5 Å². The van der Waals surface area contributed by atoms with Crippen molar-refractivity contribution in [2.45, 2.75) is 19.9 Å². The van der Waals surface area contributed by atoms with Crippen LogP contribution >= 0.6 is 0 Å². The molecule has 0 aromatic carbocycles. The molecule has 0 aliphatic carbocycles. The minimum Gasteiger partial charge on any atom is -0.349 e. The Morgan fingerprint density at radius 2 is 1.88 bits per heavy atom. The number of nitrogens with one attached hydrogen (secondary N) is 1. The Hall–Kier alpha value is -3.02. The van der Waals surface area contributed by atoms with Gasteiger partial charge in [-0.25, -0.2) is 9.97 Å². The van der Waals surface area contributed by atoms with Crippen molar-refractivity contribution in [3.05, 3.63) is 54.9 Å². The molecule has 0 fully saturated rings. The van der Waals surface area contributed by atoms with Crippen molar-refractivity contribution in [2.24, 2.45) is 7.05 Å². The second-order valence-corrected chi connectivity index (χ2v) is 5.89. The zero-order valence-corrected chi connectivity index (χ0v) is 13.9. The number of nitrogens with zero attached hydrogens (tertiary/aromatic N) is 4. The van der Waals surface area contributed by atoms with Crippen molar-refractivity contribution >= 4 is 5.91 Å². The Morgan fingerprint density at radius 3 is 2.50 bits per heavy atom. The summed E-state index contributed by atoms with van der Waals surface area (Å²) in [5.74, 6) is 0.534. The van der Waals surface area contributed by atoms with Crippen LogP contribution < -0.4 is 5.32 Å². The number of hydrogen-bond donors (Lipinski definition) is 1. The minimum absolute atomic E-state index is 0.0911. The number of amides is 1. The molecule has 0 bridgehead atoms. The lowest BCUT2D eigenvalue weighted by Gasteiger charge is -2.08. The summed E-state index contributed by atoms with van der Waals surface area (Å²) in [7, 11) is 1.85. The van der Waals surface area contributed by atoms with Gasteiger partial charge in [-0.1, -0.05) is 0 Å². The first-order valence-electron chi connectivity index (χ1n) is 7.74. The van der Waals surface area contributed by atoms with Gasteiger partial charge in [0, 0.05) is 60.8 Å². The van der Waals surface area contributed by atoms with E-state index in [2.05, 4.69) is 20.3 Å². The summed E-state index contributed by atoms with van der Waals surface area (Å²) in [6.45, 7) is 3.87. The van der Waals surface area contributed by atoms with Gasteiger partial charge in [0.2, 0.25) is 0 Å². The van der Waals surface area contributed by atoms with E-state index in [9.17, 15) is 4.79 Å². The van der Waals surface area contributed by atoms with Crippen LogP contribution in [0.5, 0.6) is 0 Å². The summed E-state index contributed by atoms with van der Waals surface area (Å²) in [6.07, 6.45) is 8.86. The molecule has 3 aromatic rings. The molecule has 3 aromatic heterocycles. The van der Waals surface area contributed by atoms with Crippen molar-refractivity contribution in [3.63, 3.8) is 0 Å². The van der Waals surface area contributed by atoms with Crippen LogP contribution in [0.4, 0.5) is 0 Å². The zero-order valence-electron chi connectivity index (χ0n) is 13.9. The predicted octanol–water partition coefficient (Wildman–Crippen LogP) is 2.68. The van der Waals surface area contributed by atoms with Gasteiger partial charge in [0.05, 0.1) is 0 Å². The number of carbonyl (C=O) groups is 1. The number of pyridine rings is 1. The van der Waals surface area contributed by atoms with Crippen LogP contribution in [0.2, 0.25) is 0 Å². The summed E-state index contributed by atoms with van der Waals surface area (Å²) in [4.78, 5) is 25.1. The summed E-state index contributed by atoms with van der Waals surface area (Å²) in [6, 6.07) is 5.71. The first-order chi connectivity index (χ1) is 11.5. The highest BCUT2D eigenvalue weighted by Gasteiger charge is 2.14. The molecule has 0 saturated heterocycles. The molecular formula is C18H19N5O. The van der Waals surface area contributed by atoms with Crippen LogP contribution in [-0.2, 0) is 7.05 Å². The standard InChI is InChI=1S/C18H19N5O/c1-12(2)22-18(24)16-7-14(11-23(16)3)15-9-20-17(21-10-15)13-5-4-6-19-8-13/h4-12H,1-3H3,(H,22,24). The van der Waals surface area contributed by atoms with Crippen LogP contribution in [0.3, 0.4) is 0 Å². The number of aromatic nitrogens is 4. The molecule has 1 N–H and O–H groups in total. The highest BCUT2D eigenvalue weighted by atomic mass is 16.2. The average Bonchev–Trinajstić information content (AvgIpc) is 2.97. The Kier molecular flexibility index (Phi) is 4.37. The van der Waals surface area contributed by atoms with Gasteiger partial charge in [-0.15, -0.1) is 0 Å². The normalized spacial score (nSPS) is 10.8. The van der Waals surface area contributed by atoms with Crippen molar-refractivity contribution in [1.29, 1.82) is 0 Å². The molecule has 6 nitrogen and oxygen atoms in total. The molecule has 0 aliphatic heterocycles. The molecule has 0 saturated carbocycles. The zero-order chi connectivity index (χ0) is 17.1. The van der Waals surface area contributed by atoms with E-state index in [-0.39, 0.29) is 11.9 Å². The van der Waals surface area contributed by atoms with E-state index >= 15 is 0 Å². The number of carbonyl (C=O) groups excluding carboxylic acids is 1. The topological polar surface area (TPSA) is 72.7 Å². The van der Waals surface area contributed by atoms with Gasteiger partial charge in [0.1, 0.15) is 5.69 Å². The van der Waals surface area contributed by atoms with Crippen LogP contribution in [0.1, 0.15) is 24.3 Å². The fourth-order valence-corrected chi connectivity index (χ4v) is 2.41. The molecule has 0 spiro atoms. The van der Waals surface area contributed by atoms with E-state index in [0.29, 0.717) is 11.5 Å². The van der Waals surface area contributed by atoms with Gasteiger partial charge >= 0.3 is 0 Å². The minimum atomic E-state index is -0.0911. The van der Waals surface area contributed by atoms with Gasteiger partial charge in [-0.2, -0.15) is 0 Å². The molecule has 24 heavy (non-hydrogen) atoms. The molecule has 0 atom stereocenters. The van der Waals surface area contributed by atoms with Gasteiger partial charge in [-0.3, -0.25) is 9.78 Å². The summed E-state index contributed by atoms with van der Waals surface area (Å²) in [5.41, 5.74) is 3.25. The number of rotatable bonds is 4. The molecular weight excluding hydrogens is 302 g/mol. The predicted molar refractivity (Wildman–Crippen MR) is 92.3 cm³/mol. The quantitative estimate of drug-likeness (QED) is 0.802. The Bertz CT molecular complexity index is 838. The third-order valence-electron chi connectivity index (χ3n) is 3.56. The fraction of sp³-hybridized carbons (Fsp3) is 0.222. The monoisotopic (exact) mass is 321 g/mol. The lowest BCUT2D eigenvalue weighted by atomic mass is 10.1. The third kappa shape index (κ3) is 3.32. The molecule has 3 heterocycles. The molecule has 6 heteroatoms. The van der Waals surface area contributed by atoms with Gasteiger partial charge in [0.15, 0.2) is 5.82 Å². The van der Waals surface area contributed by atoms with E-state index in [0.717, 1.165) is 16.7 Å². The summed E-state index contributed by atoms with van der Waals surface area (Å²) in [5, 5.41) is 2.90. The van der Waals surface area contributed by atoms with Gasteiger partial charge < -0.3 is 9.88 Å². The molecule has 0 aliphatic rings. The summed E-state index contributed by atoms with van der Waals surface area (Å²) >= 11 is 0. The van der Waals surface area contributed by atoms with Crippen molar-refractivity contribution in [1.82, 2.24) is 24.8 Å². The average molecular weight is 321 g/mol. The largest absolute Gasteiger partial charge is 0.349 e. The van der Waals surface area contributed by atoms with Crippen LogP contribution in [0, 0.1) is 0 Å². The molecule has 3 rings (SSSR count). The Morgan fingerprint density at radius 1 is 1.12 bits per heavy atom. The second kappa shape index (κ2) is 6.62.